The SMILES string of the molecule is O=C(COc1cccnc1[N+](=O)[O-])Nc1nc2c(F)c(F)c(F)cc2s1. The van der Waals surface area contributed by atoms with E-state index in [1.807, 2.05) is 0 Å². The van der Waals surface area contributed by atoms with Crippen LogP contribution in [0.25, 0.3) is 10.2 Å². The van der Waals surface area contributed by atoms with Gasteiger partial charge in [-0.3, -0.25) is 10.1 Å². The van der Waals surface area contributed by atoms with E-state index in [2.05, 4.69) is 15.3 Å². The lowest BCUT2D eigenvalue weighted by Gasteiger charge is -2.05. The number of pyridine rings is 1. The number of nitrogens with one attached hydrogen (secondary N) is 1. The van der Waals surface area contributed by atoms with Gasteiger partial charge in [-0.1, -0.05) is 11.3 Å². The molecule has 0 unspecified atom stereocenters. The van der Waals surface area contributed by atoms with Gasteiger partial charge in [-0.05, 0) is 28.1 Å². The number of amides is 1. The minimum absolute atomic E-state index is 0.000477. The molecule has 0 aliphatic rings. The van der Waals surface area contributed by atoms with E-state index in [0.717, 1.165) is 17.4 Å². The van der Waals surface area contributed by atoms with Crippen molar-refractivity contribution in [1.29, 1.82) is 0 Å². The number of aromatic nitrogens is 2. The van der Waals surface area contributed by atoms with Gasteiger partial charge in [-0.2, -0.15) is 0 Å². The van der Waals surface area contributed by atoms with Crippen LogP contribution in [0.5, 0.6) is 5.75 Å². The van der Waals surface area contributed by atoms with Crippen molar-refractivity contribution in [3.63, 3.8) is 0 Å². The highest BCUT2D eigenvalue weighted by molar-refractivity contribution is 7.22. The first-order chi connectivity index (χ1) is 12.4. The zero-order valence-electron chi connectivity index (χ0n) is 12.5. The fourth-order valence-corrected chi connectivity index (χ4v) is 2.86. The van der Waals surface area contributed by atoms with E-state index >= 15 is 0 Å². The normalized spacial score (nSPS) is 10.7. The number of anilines is 1. The highest BCUT2D eigenvalue weighted by Crippen LogP contribution is 2.30. The van der Waals surface area contributed by atoms with Crippen molar-refractivity contribution in [1.82, 2.24) is 9.97 Å². The summed E-state index contributed by atoms with van der Waals surface area (Å²) in [6, 6.07) is 3.41. The summed E-state index contributed by atoms with van der Waals surface area (Å²) in [5.41, 5.74) is -0.423. The maximum atomic E-state index is 13.6. The Morgan fingerprint density at radius 1 is 1.35 bits per heavy atom. The molecule has 0 bridgehead atoms. The van der Waals surface area contributed by atoms with Crippen molar-refractivity contribution < 1.29 is 27.6 Å². The molecule has 26 heavy (non-hydrogen) atoms. The third-order valence-corrected chi connectivity index (χ3v) is 3.97. The molecule has 0 spiro atoms. The molecule has 1 N–H and O–H groups in total. The fourth-order valence-electron chi connectivity index (χ4n) is 1.96. The van der Waals surface area contributed by atoms with Gasteiger partial charge in [0.2, 0.25) is 5.75 Å². The van der Waals surface area contributed by atoms with Gasteiger partial charge in [0.15, 0.2) is 29.2 Å². The van der Waals surface area contributed by atoms with Gasteiger partial charge in [-0.15, -0.1) is 0 Å². The van der Waals surface area contributed by atoms with Crippen molar-refractivity contribution in [2.75, 3.05) is 11.9 Å². The molecular formula is C14H7F3N4O4S. The first-order valence-corrected chi connectivity index (χ1v) is 7.64. The van der Waals surface area contributed by atoms with Gasteiger partial charge in [-0.25, -0.2) is 18.2 Å². The number of benzene rings is 1. The first-order valence-electron chi connectivity index (χ1n) is 6.83. The molecule has 0 saturated heterocycles. The number of fused-ring (bicyclic) bond motifs is 1. The number of ether oxygens (including phenoxy) is 1. The van der Waals surface area contributed by atoms with Crippen LogP contribution in [-0.2, 0) is 4.79 Å². The largest absolute Gasteiger partial charge is 0.476 e. The Bertz CT molecular complexity index is 1030. The van der Waals surface area contributed by atoms with E-state index in [4.69, 9.17) is 4.74 Å². The van der Waals surface area contributed by atoms with Gasteiger partial charge in [0.25, 0.3) is 5.91 Å². The number of carbonyl (C=O) groups excluding carboxylic acids is 1. The average Bonchev–Trinajstić information content (AvgIpc) is 3.00. The van der Waals surface area contributed by atoms with Crippen LogP contribution in [0.2, 0.25) is 0 Å². The molecule has 8 nitrogen and oxygen atoms in total. The lowest BCUT2D eigenvalue weighted by Crippen LogP contribution is -2.20. The topological polar surface area (TPSA) is 107 Å². The molecule has 12 heteroatoms. The predicted octanol–water partition coefficient (Wildman–Crippen LogP) is 3.03. The molecule has 1 amide bonds. The molecule has 0 saturated carbocycles. The van der Waals surface area contributed by atoms with E-state index in [9.17, 15) is 28.1 Å². The highest BCUT2D eigenvalue weighted by atomic mass is 32.1. The van der Waals surface area contributed by atoms with Gasteiger partial charge >= 0.3 is 5.82 Å². The maximum absolute atomic E-state index is 13.6. The molecule has 2 aromatic heterocycles. The zero-order valence-corrected chi connectivity index (χ0v) is 13.3. The van der Waals surface area contributed by atoms with Crippen LogP contribution in [-0.4, -0.2) is 27.4 Å². The number of thiazole rings is 1. The Kier molecular flexibility index (Phi) is 4.67. The Morgan fingerprint density at radius 3 is 2.85 bits per heavy atom. The summed E-state index contributed by atoms with van der Waals surface area (Å²) in [5, 5.41) is 12.9. The molecule has 0 aliphatic carbocycles. The summed E-state index contributed by atoms with van der Waals surface area (Å²) in [4.78, 5) is 29.1. The standard InChI is InChI=1S/C14H7F3N4O4S/c15-6-4-8-12(11(17)10(6)16)20-14(26-8)19-9(22)5-25-7-2-1-3-18-13(7)21(23)24/h1-4H,5H2,(H,19,20,22). The smallest absolute Gasteiger partial charge is 0.406 e. The second-order valence-corrected chi connectivity index (χ2v) is 5.80. The molecule has 0 atom stereocenters. The molecule has 0 fully saturated rings. The van der Waals surface area contributed by atoms with Crippen LogP contribution in [0.15, 0.2) is 24.4 Å². The number of carbonyl (C=O) groups is 1. The van der Waals surface area contributed by atoms with Crippen molar-refractivity contribution >= 4 is 38.4 Å². The van der Waals surface area contributed by atoms with Crippen molar-refractivity contribution in [3.05, 3.63) is 52.0 Å². The molecule has 2 heterocycles. The van der Waals surface area contributed by atoms with Crippen LogP contribution in [0.3, 0.4) is 0 Å². The Labute approximate surface area is 146 Å². The second-order valence-electron chi connectivity index (χ2n) is 4.77. The fraction of sp³-hybridized carbons (Fsp3) is 0.0714. The zero-order chi connectivity index (χ0) is 18.8. The van der Waals surface area contributed by atoms with Crippen LogP contribution >= 0.6 is 11.3 Å². The Hall–Kier alpha value is -3.28. The van der Waals surface area contributed by atoms with E-state index in [1.54, 1.807) is 0 Å². The number of rotatable bonds is 5. The molecule has 3 rings (SSSR count). The second kappa shape index (κ2) is 6.92. The number of nitro groups is 1. The number of hydrogen-bond acceptors (Lipinski definition) is 7. The molecular weight excluding hydrogens is 377 g/mol. The summed E-state index contributed by atoms with van der Waals surface area (Å²) in [6.45, 7) is -0.617. The van der Waals surface area contributed by atoms with Crippen LogP contribution in [0.4, 0.5) is 24.1 Å². The van der Waals surface area contributed by atoms with Crippen LogP contribution in [0.1, 0.15) is 0 Å². The summed E-state index contributed by atoms with van der Waals surface area (Å²) in [5.74, 6) is -6.03. The van der Waals surface area contributed by atoms with E-state index < -0.39 is 46.2 Å². The number of halogens is 3. The summed E-state index contributed by atoms with van der Waals surface area (Å²) in [6.07, 6.45) is 1.19. The maximum Gasteiger partial charge on any atom is 0.406 e. The molecule has 0 radical (unpaired) electrons. The minimum atomic E-state index is -1.66. The Morgan fingerprint density at radius 2 is 2.12 bits per heavy atom. The van der Waals surface area contributed by atoms with Gasteiger partial charge in [0.1, 0.15) is 11.7 Å². The molecule has 134 valence electrons. The summed E-state index contributed by atoms with van der Waals surface area (Å²) < 4.78 is 45.0. The van der Waals surface area contributed by atoms with Gasteiger partial charge in [0, 0.05) is 0 Å². The summed E-state index contributed by atoms with van der Waals surface area (Å²) in [7, 11) is 0. The Balaban J connectivity index is 1.72. The predicted molar refractivity (Wildman–Crippen MR) is 84.5 cm³/mol. The van der Waals surface area contributed by atoms with Crippen LogP contribution < -0.4 is 10.1 Å². The van der Waals surface area contributed by atoms with Gasteiger partial charge < -0.3 is 14.9 Å². The van der Waals surface area contributed by atoms with Crippen molar-refractivity contribution in [2.24, 2.45) is 0 Å². The average molecular weight is 384 g/mol. The monoisotopic (exact) mass is 384 g/mol. The van der Waals surface area contributed by atoms with E-state index in [0.29, 0.717) is 0 Å². The van der Waals surface area contributed by atoms with Crippen molar-refractivity contribution in [2.45, 2.75) is 0 Å². The van der Waals surface area contributed by atoms with E-state index in [1.165, 1.54) is 18.3 Å². The minimum Gasteiger partial charge on any atom is -0.476 e. The number of hydrogen-bond donors (Lipinski definition) is 1. The van der Waals surface area contributed by atoms with E-state index in [-0.39, 0.29) is 15.6 Å². The molecule has 3 aromatic rings. The lowest BCUT2D eigenvalue weighted by atomic mass is 10.3. The van der Waals surface area contributed by atoms with Crippen LogP contribution in [0, 0.1) is 27.6 Å². The lowest BCUT2D eigenvalue weighted by molar-refractivity contribution is -0.390. The van der Waals surface area contributed by atoms with Gasteiger partial charge in [0.05, 0.1) is 4.70 Å². The highest BCUT2D eigenvalue weighted by Gasteiger charge is 2.19. The third-order valence-electron chi connectivity index (χ3n) is 3.05. The summed E-state index contributed by atoms with van der Waals surface area (Å²) >= 11 is 0.727. The molecule has 1 aromatic carbocycles. The van der Waals surface area contributed by atoms with Crippen molar-refractivity contribution in [3.8, 4) is 5.75 Å². The number of nitrogens with zero attached hydrogens (tertiary/aromatic N) is 3. The quantitative estimate of drug-likeness (QED) is 0.412. The third kappa shape index (κ3) is 3.39. The first kappa shape index (κ1) is 17.5. The molecule has 0 aliphatic heterocycles.